The fourth-order valence-electron chi connectivity index (χ4n) is 1.08. The Morgan fingerprint density at radius 3 is 2.19 bits per heavy atom. The van der Waals surface area contributed by atoms with Gasteiger partial charge in [0, 0.05) is 0 Å². The number of nitrogens with one attached hydrogen (secondary N) is 1. The summed E-state index contributed by atoms with van der Waals surface area (Å²) >= 11 is 0. The number of rotatable bonds is 5. The first-order valence-electron chi connectivity index (χ1n) is 5.07. The third-order valence-electron chi connectivity index (χ3n) is 2.38. The van der Waals surface area contributed by atoms with E-state index in [1.165, 1.54) is 7.11 Å². The number of hydrogen-bond acceptors (Lipinski definition) is 4. The molecule has 3 N–H and O–H groups in total. The Bertz CT molecular complexity index is 234. The minimum atomic E-state index is -0.624. The van der Waals surface area contributed by atoms with E-state index < -0.39 is 18.1 Å². The monoisotopic (exact) mass is 252 g/mol. The van der Waals surface area contributed by atoms with Crippen LogP contribution in [0.5, 0.6) is 0 Å². The Kier molecular flexibility index (Phi) is 9.18. The molecule has 0 unspecified atom stereocenters. The third-order valence-corrected chi connectivity index (χ3v) is 2.38. The van der Waals surface area contributed by atoms with Crippen molar-refractivity contribution in [3.8, 4) is 0 Å². The molecule has 0 rings (SSSR count). The number of nitrogens with two attached hydrogens (primary N) is 1. The highest BCUT2D eigenvalue weighted by Crippen LogP contribution is 2.09. The summed E-state index contributed by atoms with van der Waals surface area (Å²) < 4.78 is 4.62. The van der Waals surface area contributed by atoms with E-state index >= 15 is 0 Å². The van der Waals surface area contributed by atoms with Crippen molar-refractivity contribution in [2.24, 2.45) is 11.7 Å². The fourth-order valence-corrected chi connectivity index (χ4v) is 1.08. The van der Waals surface area contributed by atoms with Crippen LogP contribution in [0.2, 0.25) is 0 Å². The maximum absolute atomic E-state index is 11.4. The van der Waals surface area contributed by atoms with Crippen LogP contribution in [-0.4, -0.2) is 31.1 Å². The van der Waals surface area contributed by atoms with Crippen LogP contribution in [0.1, 0.15) is 27.2 Å². The molecule has 0 aliphatic carbocycles. The topological polar surface area (TPSA) is 81.4 Å². The van der Waals surface area contributed by atoms with Gasteiger partial charge in [-0.2, -0.15) is 0 Å². The van der Waals surface area contributed by atoms with Crippen LogP contribution in [0.3, 0.4) is 0 Å². The zero-order chi connectivity index (χ0) is 12.0. The Hall–Kier alpha value is -0.810. The molecule has 5 nitrogen and oxygen atoms in total. The lowest BCUT2D eigenvalue weighted by atomic mass is 9.99. The Morgan fingerprint density at radius 2 is 1.88 bits per heavy atom. The lowest BCUT2D eigenvalue weighted by Crippen LogP contribution is -2.50. The second kappa shape index (κ2) is 8.35. The fraction of sp³-hybridized carbons (Fsp3) is 0.800. The molecule has 0 aromatic carbocycles. The molecule has 16 heavy (non-hydrogen) atoms. The highest BCUT2D eigenvalue weighted by atomic mass is 35.5. The van der Waals surface area contributed by atoms with E-state index in [0.717, 1.165) is 6.42 Å². The molecule has 0 aliphatic rings. The SMILES string of the molecule is CC[C@H](C)[C@H](NC(=O)[C@H](C)N)C(=O)OC.Cl. The van der Waals surface area contributed by atoms with Gasteiger partial charge in [-0.05, 0) is 12.8 Å². The van der Waals surface area contributed by atoms with E-state index in [-0.39, 0.29) is 24.2 Å². The first-order valence-corrected chi connectivity index (χ1v) is 5.07. The Labute approximate surface area is 103 Å². The van der Waals surface area contributed by atoms with Gasteiger partial charge in [0.05, 0.1) is 13.2 Å². The largest absolute Gasteiger partial charge is 0.467 e. The quantitative estimate of drug-likeness (QED) is 0.697. The van der Waals surface area contributed by atoms with Crippen LogP contribution < -0.4 is 11.1 Å². The Morgan fingerprint density at radius 1 is 1.38 bits per heavy atom. The molecule has 0 radical (unpaired) electrons. The van der Waals surface area contributed by atoms with Crippen LogP contribution in [-0.2, 0) is 14.3 Å². The van der Waals surface area contributed by atoms with Gasteiger partial charge in [0.25, 0.3) is 0 Å². The van der Waals surface area contributed by atoms with E-state index in [2.05, 4.69) is 10.1 Å². The van der Waals surface area contributed by atoms with Crippen molar-refractivity contribution in [3.05, 3.63) is 0 Å². The first kappa shape index (κ1) is 17.6. The third kappa shape index (κ3) is 5.32. The molecule has 0 spiro atoms. The molecule has 0 saturated heterocycles. The smallest absolute Gasteiger partial charge is 0.328 e. The average molecular weight is 253 g/mol. The number of carbonyl (C=O) groups is 2. The predicted octanol–water partition coefficient (Wildman–Crippen LogP) is 0.459. The number of halogens is 1. The predicted molar refractivity (Wildman–Crippen MR) is 64.3 cm³/mol. The van der Waals surface area contributed by atoms with Gasteiger partial charge in [0.15, 0.2) is 0 Å². The van der Waals surface area contributed by atoms with Crippen molar-refractivity contribution in [1.82, 2.24) is 5.32 Å². The summed E-state index contributed by atoms with van der Waals surface area (Å²) in [4.78, 5) is 22.7. The molecule has 0 aromatic rings. The summed E-state index contributed by atoms with van der Waals surface area (Å²) in [5, 5.41) is 2.58. The molecule has 0 fully saturated rings. The molecule has 0 aromatic heterocycles. The zero-order valence-electron chi connectivity index (χ0n) is 10.1. The second-order valence-corrected chi connectivity index (χ2v) is 3.68. The van der Waals surface area contributed by atoms with Crippen LogP contribution in [0.4, 0.5) is 0 Å². The van der Waals surface area contributed by atoms with E-state index in [1.54, 1.807) is 6.92 Å². The molecule has 6 heteroatoms. The minimum Gasteiger partial charge on any atom is -0.467 e. The van der Waals surface area contributed by atoms with Crippen LogP contribution >= 0.6 is 12.4 Å². The molecular weight excluding hydrogens is 232 g/mol. The van der Waals surface area contributed by atoms with E-state index in [0.29, 0.717) is 0 Å². The van der Waals surface area contributed by atoms with Crippen molar-refractivity contribution in [1.29, 1.82) is 0 Å². The average Bonchev–Trinajstić information content (AvgIpc) is 2.23. The summed E-state index contributed by atoms with van der Waals surface area (Å²) in [6.45, 7) is 5.39. The number of esters is 1. The number of methoxy groups -OCH3 is 1. The highest BCUT2D eigenvalue weighted by Gasteiger charge is 2.27. The number of hydrogen-bond donors (Lipinski definition) is 2. The minimum absolute atomic E-state index is 0. The first-order chi connectivity index (χ1) is 6.93. The van der Waals surface area contributed by atoms with Gasteiger partial charge in [-0.25, -0.2) is 4.79 Å². The van der Waals surface area contributed by atoms with Crippen molar-refractivity contribution < 1.29 is 14.3 Å². The number of amides is 1. The van der Waals surface area contributed by atoms with Gasteiger partial charge in [0.2, 0.25) is 5.91 Å². The standard InChI is InChI=1S/C10H20N2O3.ClH/c1-5-6(2)8(10(14)15-4)12-9(13)7(3)11;/h6-8H,5,11H2,1-4H3,(H,12,13);1H/t6-,7-,8-;/m0./s1. The summed E-state index contributed by atoms with van der Waals surface area (Å²) in [7, 11) is 1.30. The van der Waals surface area contributed by atoms with Crippen LogP contribution in [0.25, 0.3) is 0 Å². The van der Waals surface area contributed by atoms with Gasteiger partial charge in [-0.3, -0.25) is 4.79 Å². The lowest BCUT2D eigenvalue weighted by Gasteiger charge is -2.22. The van der Waals surface area contributed by atoms with E-state index in [9.17, 15) is 9.59 Å². The molecule has 1 amide bonds. The molecule has 0 saturated carbocycles. The van der Waals surface area contributed by atoms with Crippen molar-refractivity contribution in [3.63, 3.8) is 0 Å². The van der Waals surface area contributed by atoms with E-state index in [4.69, 9.17) is 5.73 Å². The highest BCUT2D eigenvalue weighted by molar-refractivity contribution is 5.87. The van der Waals surface area contributed by atoms with Crippen LogP contribution in [0, 0.1) is 5.92 Å². The van der Waals surface area contributed by atoms with Crippen molar-refractivity contribution in [2.45, 2.75) is 39.3 Å². The van der Waals surface area contributed by atoms with Crippen LogP contribution in [0.15, 0.2) is 0 Å². The Balaban J connectivity index is 0. The normalized spacial score (nSPS) is 15.3. The van der Waals surface area contributed by atoms with Gasteiger partial charge in [0.1, 0.15) is 6.04 Å². The molecule has 96 valence electrons. The summed E-state index contributed by atoms with van der Waals surface area (Å²) in [5.41, 5.74) is 5.40. The van der Waals surface area contributed by atoms with Crippen molar-refractivity contribution >= 4 is 24.3 Å². The lowest BCUT2D eigenvalue weighted by molar-refractivity contribution is -0.146. The van der Waals surface area contributed by atoms with Gasteiger partial charge in [-0.1, -0.05) is 20.3 Å². The number of ether oxygens (including phenoxy) is 1. The summed E-state index contributed by atoms with van der Waals surface area (Å²) in [6, 6.07) is -1.24. The molecule has 3 atom stereocenters. The molecular formula is C10H21ClN2O3. The van der Waals surface area contributed by atoms with Gasteiger partial charge < -0.3 is 15.8 Å². The molecule has 0 heterocycles. The van der Waals surface area contributed by atoms with E-state index in [1.807, 2.05) is 13.8 Å². The molecule has 0 bridgehead atoms. The second-order valence-electron chi connectivity index (χ2n) is 3.68. The van der Waals surface area contributed by atoms with Gasteiger partial charge >= 0.3 is 5.97 Å². The summed E-state index contributed by atoms with van der Waals surface area (Å²) in [5.74, 6) is -0.746. The maximum Gasteiger partial charge on any atom is 0.328 e. The molecule has 0 aliphatic heterocycles. The number of carbonyl (C=O) groups excluding carboxylic acids is 2. The van der Waals surface area contributed by atoms with Gasteiger partial charge in [-0.15, -0.1) is 12.4 Å². The maximum atomic E-state index is 11.4. The van der Waals surface area contributed by atoms with Crippen molar-refractivity contribution in [2.75, 3.05) is 7.11 Å². The summed E-state index contributed by atoms with van der Waals surface area (Å²) in [6.07, 6.45) is 0.777. The zero-order valence-corrected chi connectivity index (χ0v) is 11.0.